The number of benzene rings is 1. The van der Waals surface area contributed by atoms with E-state index in [2.05, 4.69) is 36.2 Å². The zero-order chi connectivity index (χ0) is 23.1. The van der Waals surface area contributed by atoms with Crippen LogP contribution in [0.1, 0.15) is 23.3 Å². The molecule has 0 spiro atoms. The first-order valence-corrected chi connectivity index (χ1v) is 10.5. The number of methoxy groups -OCH3 is 1. The van der Waals surface area contributed by atoms with Crippen LogP contribution in [0.15, 0.2) is 30.6 Å². The predicted molar refractivity (Wildman–Crippen MR) is 119 cm³/mol. The molecule has 3 amide bonds. The van der Waals surface area contributed by atoms with E-state index < -0.39 is 5.91 Å². The Morgan fingerprint density at radius 3 is 2.55 bits per heavy atom. The second-order valence-electron chi connectivity index (χ2n) is 7.94. The van der Waals surface area contributed by atoms with Crippen LogP contribution in [0.25, 0.3) is 11.4 Å². The lowest BCUT2D eigenvalue weighted by atomic mass is 9.73. The fraction of sp³-hybridized carbons (Fsp3) is 0.333. The molecule has 1 saturated carbocycles. The normalized spacial score (nSPS) is 18.1. The van der Waals surface area contributed by atoms with Gasteiger partial charge in [0.1, 0.15) is 6.33 Å². The number of rotatable bonds is 6. The third-order valence-electron chi connectivity index (χ3n) is 5.91. The SMILES string of the molecule is CNC(=O)c1nnc(NC(=O)N2C3CC2C3)cc1Nc1cccc(-c2ncn(C)n2)c1OC. The highest BCUT2D eigenvalue weighted by Crippen LogP contribution is 2.44. The number of para-hydroxylation sites is 1. The van der Waals surface area contributed by atoms with Gasteiger partial charge in [-0.1, -0.05) is 6.07 Å². The van der Waals surface area contributed by atoms with Gasteiger partial charge in [-0.15, -0.1) is 10.2 Å². The van der Waals surface area contributed by atoms with E-state index >= 15 is 0 Å². The Morgan fingerprint density at radius 2 is 1.94 bits per heavy atom. The van der Waals surface area contributed by atoms with E-state index in [-0.39, 0.29) is 17.5 Å². The minimum Gasteiger partial charge on any atom is -0.494 e. The molecule has 0 unspecified atom stereocenters. The summed E-state index contributed by atoms with van der Waals surface area (Å²) in [6.45, 7) is 0. The van der Waals surface area contributed by atoms with Crippen LogP contribution in [0.4, 0.5) is 22.0 Å². The van der Waals surface area contributed by atoms with Crippen molar-refractivity contribution in [3.8, 4) is 17.1 Å². The van der Waals surface area contributed by atoms with E-state index in [0.29, 0.717) is 40.6 Å². The van der Waals surface area contributed by atoms with Gasteiger partial charge < -0.3 is 20.3 Å². The molecule has 2 aromatic heterocycles. The minimum atomic E-state index is -0.423. The summed E-state index contributed by atoms with van der Waals surface area (Å²) in [5, 5.41) is 20.9. The first-order valence-electron chi connectivity index (χ1n) is 10.5. The van der Waals surface area contributed by atoms with Gasteiger partial charge >= 0.3 is 6.03 Å². The lowest BCUT2D eigenvalue weighted by Crippen LogP contribution is -2.71. The maximum absolute atomic E-state index is 12.5. The number of aryl methyl sites for hydroxylation is 1. The van der Waals surface area contributed by atoms with Crippen LogP contribution in [0.3, 0.4) is 0 Å². The highest BCUT2D eigenvalue weighted by atomic mass is 16.5. The molecule has 2 aliphatic heterocycles. The van der Waals surface area contributed by atoms with Crippen molar-refractivity contribution in [3.05, 3.63) is 36.3 Å². The van der Waals surface area contributed by atoms with Crippen molar-refractivity contribution in [1.82, 2.24) is 35.2 Å². The van der Waals surface area contributed by atoms with Crippen molar-refractivity contribution in [3.63, 3.8) is 0 Å². The maximum Gasteiger partial charge on any atom is 0.323 e. The Hall–Kier alpha value is -4.22. The average molecular weight is 449 g/mol. The van der Waals surface area contributed by atoms with Crippen LogP contribution in [0, 0.1) is 0 Å². The molecular formula is C21H23N9O3. The van der Waals surface area contributed by atoms with Gasteiger partial charge in [-0.25, -0.2) is 9.78 Å². The van der Waals surface area contributed by atoms with Gasteiger partial charge in [0.15, 0.2) is 23.1 Å². The van der Waals surface area contributed by atoms with E-state index in [4.69, 9.17) is 4.74 Å². The molecule has 3 aliphatic rings. The molecular weight excluding hydrogens is 426 g/mol. The number of anilines is 3. The van der Waals surface area contributed by atoms with Crippen molar-refractivity contribution in [2.45, 2.75) is 24.9 Å². The number of hydrogen-bond acceptors (Lipinski definition) is 8. The fourth-order valence-electron chi connectivity index (χ4n) is 4.01. The molecule has 3 fully saturated rings. The lowest BCUT2D eigenvalue weighted by Gasteiger charge is -2.60. The van der Waals surface area contributed by atoms with Crippen molar-refractivity contribution in [2.75, 3.05) is 24.8 Å². The summed E-state index contributed by atoms with van der Waals surface area (Å²) in [5.74, 6) is 0.810. The number of ether oxygens (including phenoxy) is 1. The number of carbonyl (C=O) groups excluding carboxylic acids is 2. The highest BCUT2D eigenvalue weighted by Gasteiger charge is 2.53. The Kier molecular flexibility index (Phi) is 5.04. The Balaban J connectivity index is 1.47. The zero-order valence-corrected chi connectivity index (χ0v) is 18.4. The minimum absolute atomic E-state index is 0.0747. The monoisotopic (exact) mass is 449 g/mol. The van der Waals surface area contributed by atoms with Crippen molar-refractivity contribution < 1.29 is 14.3 Å². The largest absolute Gasteiger partial charge is 0.494 e. The topological polar surface area (TPSA) is 139 Å². The lowest BCUT2D eigenvalue weighted by molar-refractivity contribution is -0.0598. The summed E-state index contributed by atoms with van der Waals surface area (Å²) >= 11 is 0. The Bertz CT molecular complexity index is 1230. The zero-order valence-electron chi connectivity index (χ0n) is 18.4. The first kappa shape index (κ1) is 20.7. The number of amides is 3. The highest BCUT2D eigenvalue weighted by molar-refractivity contribution is 5.99. The van der Waals surface area contributed by atoms with Gasteiger partial charge in [-0.05, 0) is 25.0 Å². The predicted octanol–water partition coefficient (Wildman–Crippen LogP) is 1.76. The number of nitrogens with one attached hydrogen (secondary N) is 3. The summed E-state index contributed by atoms with van der Waals surface area (Å²) in [7, 11) is 4.83. The van der Waals surface area contributed by atoms with Crippen LogP contribution in [-0.4, -0.2) is 68.0 Å². The molecule has 6 rings (SSSR count). The quantitative estimate of drug-likeness (QED) is 0.517. The van der Waals surface area contributed by atoms with E-state index in [1.165, 1.54) is 7.05 Å². The molecule has 33 heavy (non-hydrogen) atoms. The van der Waals surface area contributed by atoms with Crippen molar-refractivity contribution >= 4 is 29.1 Å². The Labute approximate surface area is 189 Å². The second-order valence-corrected chi connectivity index (χ2v) is 7.94. The second kappa shape index (κ2) is 8.04. The van der Waals surface area contributed by atoms with Gasteiger partial charge in [-0.3, -0.25) is 14.8 Å². The van der Waals surface area contributed by atoms with Crippen LogP contribution in [0.5, 0.6) is 5.75 Å². The van der Waals surface area contributed by atoms with Gasteiger partial charge in [0.2, 0.25) is 0 Å². The Morgan fingerprint density at radius 1 is 1.15 bits per heavy atom. The number of urea groups is 1. The molecule has 1 aromatic carbocycles. The number of aromatic nitrogens is 5. The number of hydrogen-bond donors (Lipinski definition) is 3. The molecule has 12 nitrogen and oxygen atoms in total. The first-order chi connectivity index (χ1) is 16.0. The average Bonchev–Trinajstić information content (AvgIpc) is 3.17. The van der Waals surface area contributed by atoms with Gasteiger partial charge in [0, 0.05) is 32.2 Å². The number of nitrogens with zero attached hydrogens (tertiary/aromatic N) is 6. The molecule has 2 bridgehead atoms. The molecule has 0 radical (unpaired) electrons. The van der Waals surface area contributed by atoms with Gasteiger partial charge in [0.25, 0.3) is 5.91 Å². The summed E-state index contributed by atoms with van der Waals surface area (Å²) in [6, 6.07) is 7.46. The standard InChI is InChI=1S/C21H23N9O3/c1-22-20(31)17-15(9-16(26-27-17)25-21(32)30-11-7-12(30)8-11)24-14-6-4-5-13(18(14)33-3)19-23-10-29(2)28-19/h4-6,9-12H,7-8H2,1-3H3,(H,22,31)(H2,24,25,26,32). The molecule has 3 N–H and O–H groups in total. The fourth-order valence-corrected chi connectivity index (χ4v) is 4.01. The van der Waals surface area contributed by atoms with Gasteiger partial charge in [0.05, 0.1) is 24.0 Å². The molecule has 0 atom stereocenters. The summed E-state index contributed by atoms with van der Waals surface area (Å²) in [4.78, 5) is 31.0. The van der Waals surface area contributed by atoms with Crippen LogP contribution in [-0.2, 0) is 7.05 Å². The van der Waals surface area contributed by atoms with E-state index in [9.17, 15) is 9.59 Å². The molecule has 2 saturated heterocycles. The van der Waals surface area contributed by atoms with E-state index in [0.717, 1.165) is 12.8 Å². The van der Waals surface area contributed by atoms with Crippen LogP contribution in [0.2, 0.25) is 0 Å². The van der Waals surface area contributed by atoms with Crippen molar-refractivity contribution in [1.29, 1.82) is 0 Å². The molecule has 170 valence electrons. The van der Waals surface area contributed by atoms with Gasteiger partial charge in [-0.2, -0.15) is 5.10 Å². The smallest absolute Gasteiger partial charge is 0.323 e. The molecule has 4 heterocycles. The van der Waals surface area contributed by atoms with E-state index in [1.54, 1.807) is 42.2 Å². The third kappa shape index (κ3) is 3.58. The number of carbonyl (C=O) groups is 2. The molecule has 3 aromatic rings. The molecule has 1 aliphatic carbocycles. The van der Waals surface area contributed by atoms with Crippen molar-refractivity contribution in [2.24, 2.45) is 7.05 Å². The maximum atomic E-state index is 12.5. The summed E-state index contributed by atoms with van der Waals surface area (Å²) in [6.07, 6.45) is 3.72. The third-order valence-corrected chi connectivity index (χ3v) is 5.91. The molecule has 12 heteroatoms. The van der Waals surface area contributed by atoms with Crippen LogP contribution >= 0.6 is 0 Å². The summed E-state index contributed by atoms with van der Waals surface area (Å²) in [5.41, 5.74) is 1.68. The van der Waals surface area contributed by atoms with E-state index in [1.807, 2.05) is 12.1 Å². The van der Waals surface area contributed by atoms with Crippen LogP contribution < -0.4 is 20.7 Å². The summed E-state index contributed by atoms with van der Waals surface area (Å²) < 4.78 is 7.24.